The van der Waals surface area contributed by atoms with Gasteiger partial charge >= 0.3 is 12.1 Å². The molecule has 7 nitrogen and oxygen atoms in total. The Morgan fingerprint density at radius 2 is 2.06 bits per heavy atom. The summed E-state index contributed by atoms with van der Waals surface area (Å²) in [7, 11) is 0. The Balaban J connectivity index is 1.65. The van der Waals surface area contributed by atoms with Gasteiger partial charge in [0, 0.05) is 23.6 Å². The molecule has 1 aromatic heterocycles. The number of ether oxygens (including phenoxy) is 2. The second kappa shape index (κ2) is 9.80. The number of aromatic nitrogens is 1. The van der Waals surface area contributed by atoms with Crippen molar-refractivity contribution in [3.05, 3.63) is 79.8 Å². The van der Waals surface area contributed by atoms with Crippen LogP contribution in [0.5, 0.6) is 5.75 Å². The summed E-state index contributed by atoms with van der Waals surface area (Å²) in [6.07, 6.45) is 0.128. The van der Waals surface area contributed by atoms with E-state index >= 15 is 0 Å². The number of amides is 1. The number of aryl methyl sites for hydroxylation is 2. The van der Waals surface area contributed by atoms with Crippen LogP contribution in [-0.4, -0.2) is 40.2 Å². The van der Waals surface area contributed by atoms with Gasteiger partial charge in [-0.3, -0.25) is 4.90 Å². The number of thiazole rings is 1. The smallest absolute Gasteiger partial charge is 0.410 e. The minimum Gasteiger partial charge on any atom is -0.482 e. The van der Waals surface area contributed by atoms with Gasteiger partial charge in [-0.05, 0) is 43.2 Å². The number of carboxylic acids is 1. The maximum absolute atomic E-state index is 13.2. The van der Waals surface area contributed by atoms with Gasteiger partial charge in [0.25, 0.3) is 0 Å². The van der Waals surface area contributed by atoms with Crippen LogP contribution in [0.25, 0.3) is 0 Å². The first kappa shape index (κ1) is 23.1. The molecule has 0 saturated heterocycles. The number of hydrogen-bond donors (Lipinski definition) is 1. The van der Waals surface area contributed by atoms with Crippen molar-refractivity contribution < 1.29 is 24.2 Å². The summed E-state index contributed by atoms with van der Waals surface area (Å²) in [5.41, 5.74) is 6.37. The molecule has 1 atom stereocenters. The molecule has 2 heterocycles. The van der Waals surface area contributed by atoms with E-state index in [0.717, 1.165) is 27.3 Å². The van der Waals surface area contributed by atoms with Crippen LogP contribution in [0.1, 0.15) is 38.9 Å². The van der Waals surface area contributed by atoms with Gasteiger partial charge in [-0.15, -0.1) is 11.3 Å². The minimum atomic E-state index is -1.09. The molecular weight excluding hydrogens is 464 g/mol. The molecule has 4 rings (SSSR count). The fraction of sp³-hybridized carbons (Fsp3) is 0.292. The third kappa shape index (κ3) is 5.12. The van der Waals surface area contributed by atoms with Crippen LogP contribution in [0.4, 0.5) is 4.79 Å². The van der Waals surface area contributed by atoms with Crippen molar-refractivity contribution >= 4 is 35.0 Å². The Kier molecular flexibility index (Phi) is 6.85. The SMILES string of the molecule is Cc1ccc(COC(=O)N2CCc3ncsc3C2c2cc(Cl)ccc2OCC(=O)O)c(C)c1. The van der Waals surface area contributed by atoms with Crippen LogP contribution in [0, 0.1) is 13.8 Å². The molecule has 0 bridgehead atoms. The van der Waals surface area contributed by atoms with Gasteiger partial charge in [-0.2, -0.15) is 0 Å². The molecule has 0 radical (unpaired) electrons. The highest BCUT2D eigenvalue weighted by molar-refractivity contribution is 7.09. The Bertz CT molecular complexity index is 1200. The number of nitrogens with zero attached hydrogens (tertiary/aromatic N) is 2. The molecule has 9 heteroatoms. The molecule has 1 aliphatic heterocycles. The van der Waals surface area contributed by atoms with E-state index < -0.39 is 24.7 Å². The predicted octanol–water partition coefficient (Wildman–Crippen LogP) is 5.16. The maximum Gasteiger partial charge on any atom is 0.410 e. The molecule has 1 aliphatic rings. The van der Waals surface area contributed by atoms with Crippen LogP contribution in [0.15, 0.2) is 41.9 Å². The lowest BCUT2D eigenvalue weighted by Crippen LogP contribution is -2.40. The van der Waals surface area contributed by atoms with Crippen LogP contribution >= 0.6 is 22.9 Å². The van der Waals surface area contributed by atoms with Crippen molar-refractivity contribution in [2.24, 2.45) is 0 Å². The Labute approximate surface area is 200 Å². The quantitative estimate of drug-likeness (QED) is 0.517. The Morgan fingerprint density at radius 1 is 1.24 bits per heavy atom. The molecule has 1 amide bonds. The van der Waals surface area contributed by atoms with Gasteiger partial charge < -0.3 is 14.6 Å². The molecular formula is C24H23ClN2O5S. The molecule has 0 saturated carbocycles. The van der Waals surface area contributed by atoms with E-state index in [1.54, 1.807) is 28.6 Å². The highest BCUT2D eigenvalue weighted by Gasteiger charge is 2.37. The van der Waals surface area contributed by atoms with Crippen molar-refractivity contribution in [2.75, 3.05) is 13.2 Å². The number of fused-ring (bicyclic) bond motifs is 1. The summed E-state index contributed by atoms with van der Waals surface area (Å²) in [4.78, 5) is 31.3. The molecule has 1 unspecified atom stereocenters. The second-order valence-electron chi connectivity index (χ2n) is 7.86. The fourth-order valence-electron chi connectivity index (χ4n) is 3.93. The number of hydrogen-bond acceptors (Lipinski definition) is 6. The van der Waals surface area contributed by atoms with E-state index in [1.807, 2.05) is 26.0 Å². The number of carbonyl (C=O) groups excluding carboxylic acids is 1. The standard InChI is InChI=1S/C24H23ClN2O5S/c1-14-3-4-16(15(2)9-14)11-32-24(30)27-8-7-19-23(33-13-26-19)22(27)18-10-17(25)5-6-20(18)31-12-21(28)29/h3-6,9-10,13,22H,7-8,11-12H2,1-2H3,(H,28,29). The highest BCUT2D eigenvalue weighted by atomic mass is 35.5. The molecule has 33 heavy (non-hydrogen) atoms. The van der Waals surface area contributed by atoms with Crippen molar-refractivity contribution in [3.63, 3.8) is 0 Å². The monoisotopic (exact) mass is 486 g/mol. The van der Waals surface area contributed by atoms with E-state index in [1.165, 1.54) is 11.3 Å². The summed E-state index contributed by atoms with van der Waals surface area (Å²) < 4.78 is 11.2. The maximum atomic E-state index is 13.2. The van der Waals surface area contributed by atoms with Crippen LogP contribution < -0.4 is 4.74 Å². The number of aliphatic carboxylic acids is 1. The largest absolute Gasteiger partial charge is 0.482 e. The number of halogens is 1. The third-order valence-corrected chi connectivity index (χ3v) is 6.68. The van der Waals surface area contributed by atoms with E-state index in [4.69, 9.17) is 26.2 Å². The van der Waals surface area contributed by atoms with E-state index in [-0.39, 0.29) is 6.61 Å². The molecule has 2 aromatic carbocycles. The zero-order valence-electron chi connectivity index (χ0n) is 18.2. The average molecular weight is 487 g/mol. The Morgan fingerprint density at radius 3 is 2.82 bits per heavy atom. The summed E-state index contributed by atoms with van der Waals surface area (Å²) >= 11 is 7.71. The van der Waals surface area contributed by atoms with Crippen molar-refractivity contribution in [1.29, 1.82) is 0 Å². The molecule has 3 aromatic rings. The first-order chi connectivity index (χ1) is 15.8. The predicted molar refractivity (Wildman–Crippen MR) is 125 cm³/mol. The van der Waals surface area contributed by atoms with Crippen molar-refractivity contribution in [2.45, 2.75) is 32.9 Å². The molecule has 0 fully saturated rings. The zero-order valence-corrected chi connectivity index (χ0v) is 19.8. The number of benzene rings is 2. The van der Waals surface area contributed by atoms with Crippen molar-refractivity contribution in [1.82, 2.24) is 9.88 Å². The lowest BCUT2D eigenvalue weighted by atomic mass is 9.97. The van der Waals surface area contributed by atoms with Crippen molar-refractivity contribution in [3.8, 4) is 5.75 Å². The summed E-state index contributed by atoms with van der Waals surface area (Å²) in [5.74, 6) is -0.747. The zero-order chi connectivity index (χ0) is 23.5. The topological polar surface area (TPSA) is 89.0 Å². The fourth-order valence-corrected chi connectivity index (χ4v) is 5.07. The lowest BCUT2D eigenvalue weighted by molar-refractivity contribution is -0.139. The van der Waals surface area contributed by atoms with Crippen LogP contribution in [0.3, 0.4) is 0 Å². The number of carboxylic acid groups (broad SMARTS) is 1. The average Bonchev–Trinajstić information content (AvgIpc) is 3.25. The molecule has 0 aliphatic carbocycles. The Hall–Kier alpha value is -3.10. The molecule has 0 spiro atoms. The minimum absolute atomic E-state index is 0.154. The number of rotatable bonds is 6. The summed E-state index contributed by atoms with van der Waals surface area (Å²) in [6.45, 7) is 4.05. The highest BCUT2D eigenvalue weighted by Crippen LogP contribution is 2.42. The van der Waals surface area contributed by atoms with Crippen LogP contribution in [-0.2, 0) is 22.6 Å². The van der Waals surface area contributed by atoms with E-state index in [9.17, 15) is 9.59 Å². The van der Waals surface area contributed by atoms with Gasteiger partial charge in [-0.25, -0.2) is 14.6 Å². The lowest BCUT2D eigenvalue weighted by Gasteiger charge is -2.35. The van der Waals surface area contributed by atoms with E-state index in [2.05, 4.69) is 11.1 Å². The first-order valence-electron chi connectivity index (χ1n) is 10.4. The van der Waals surface area contributed by atoms with Crippen LogP contribution in [0.2, 0.25) is 5.02 Å². The second-order valence-corrected chi connectivity index (χ2v) is 9.18. The van der Waals surface area contributed by atoms with Gasteiger partial charge in [0.05, 0.1) is 16.1 Å². The summed E-state index contributed by atoms with van der Waals surface area (Å²) in [5, 5.41) is 9.52. The molecule has 1 N–H and O–H groups in total. The third-order valence-electron chi connectivity index (χ3n) is 5.52. The van der Waals surface area contributed by atoms with Gasteiger partial charge in [0.2, 0.25) is 0 Å². The summed E-state index contributed by atoms with van der Waals surface area (Å²) in [6, 6.07) is 10.4. The normalized spacial score (nSPS) is 15.1. The van der Waals surface area contributed by atoms with E-state index in [0.29, 0.717) is 29.3 Å². The molecule has 172 valence electrons. The van der Waals surface area contributed by atoms with Gasteiger partial charge in [0.1, 0.15) is 18.4 Å². The number of carbonyl (C=O) groups is 2. The van der Waals surface area contributed by atoms with Gasteiger partial charge in [-0.1, -0.05) is 35.4 Å². The first-order valence-corrected chi connectivity index (χ1v) is 11.6. The van der Waals surface area contributed by atoms with Gasteiger partial charge in [0.15, 0.2) is 6.61 Å².